The van der Waals surface area contributed by atoms with Crippen molar-refractivity contribution in [1.29, 1.82) is 0 Å². The minimum Gasteiger partial charge on any atom is -0.489 e. The zero-order valence-electron chi connectivity index (χ0n) is 13.3. The van der Waals surface area contributed by atoms with Crippen LogP contribution in [0.5, 0.6) is 5.75 Å². The van der Waals surface area contributed by atoms with Crippen molar-refractivity contribution >= 4 is 11.9 Å². The predicted octanol–water partition coefficient (Wildman–Crippen LogP) is 3.06. The Labute approximate surface area is 137 Å². The fourth-order valence-electron chi connectivity index (χ4n) is 1.93. The number of carbonyl (C=O) groups excluding carboxylic acids is 1. The summed E-state index contributed by atoms with van der Waals surface area (Å²) in [6.07, 6.45) is -3.22. The van der Waals surface area contributed by atoms with Crippen LogP contribution in [-0.2, 0) is 11.0 Å². The van der Waals surface area contributed by atoms with Crippen molar-refractivity contribution in [3.63, 3.8) is 0 Å². The second-order valence-electron chi connectivity index (χ2n) is 5.23. The van der Waals surface area contributed by atoms with Crippen molar-refractivity contribution in [3.05, 3.63) is 42.0 Å². The Bertz CT molecular complexity index is 628. The number of rotatable bonds is 7. The fraction of sp³-hybridized carbons (Fsp3) is 0.375. The van der Waals surface area contributed by atoms with Gasteiger partial charge in [-0.1, -0.05) is 19.6 Å². The van der Waals surface area contributed by atoms with Crippen molar-refractivity contribution in [1.82, 2.24) is 4.90 Å². The number of amides is 1. The van der Waals surface area contributed by atoms with Crippen LogP contribution in [0.2, 0.25) is 0 Å². The van der Waals surface area contributed by atoms with E-state index in [1.165, 1.54) is 20.0 Å². The van der Waals surface area contributed by atoms with Gasteiger partial charge in [-0.3, -0.25) is 9.59 Å². The Morgan fingerprint density at radius 2 is 2.04 bits per heavy atom. The van der Waals surface area contributed by atoms with Gasteiger partial charge in [-0.25, -0.2) is 0 Å². The molecule has 0 aliphatic rings. The standard InChI is InChI=1S/C16H18F3NO4/c1-4-7-24-13-6-5-11(16(17,18)19)8-12(13)14(21)20(3)9-10(2)15(22)23/h4-6,8,10H,1,7,9H2,2-3H3,(H,22,23). The van der Waals surface area contributed by atoms with Gasteiger partial charge in [-0.15, -0.1) is 0 Å². The minimum absolute atomic E-state index is 0.0148. The largest absolute Gasteiger partial charge is 0.489 e. The van der Waals surface area contributed by atoms with E-state index in [9.17, 15) is 22.8 Å². The summed E-state index contributed by atoms with van der Waals surface area (Å²) in [5.74, 6) is -2.75. The van der Waals surface area contributed by atoms with Crippen molar-refractivity contribution in [3.8, 4) is 5.75 Å². The van der Waals surface area contributed by atoms with E-state index in [-0.39, 0.29) is 24.5 Å². The highest BCUT2D eigenvalue weighted by Crippen LogP contribution is 2.33. The van der Waals surface area contributed by atoms with E-state index in [2.05, 4.69) is 6.58 Å². The molecule has 1 atom stereocenters. The molecule has 1 aromatic rings. The van der Waals surface area contributed by atoms with Crippen LogP contribution in [0.25, 0.3) is 0 Å². The van der Waals surface area contributed by atoms with E-state index in [0.717, 1.165) is 17.0 Å². The van der Waals surface area contributed by atoms with Gasteiger partial charge < -0.3 is 14.7 Å². The van der Waals surface area contributed by atoms with Gasteiger partial charge in [0.2, 0.25) is 0 Å². The maximum atomic E-state index is 12.9. The van der Waals surface area contributed by atoms with E-state index < -0.39 is 29.5 Å². The normalized spacial score (nSPS) is 12.4. The Hall–Kier alpha value is -2.51. The van der Waals surface area contributed by atoms with Crippen LogP contribution >= 0.6 is 0 Å². The molecule has 132 valence electrons. The number of hydrogen-bond acceptors (Lipinski definition) is 3. The van der Waals surface area contributed by atoms with Crippen LogP contribution in [0.1, 0.15) is 22.8 Å². The molecule has 0 aliphatic carbocycles. The van der Waals surface area contributed by atoms with Crippen molar-refractivity contribution in [2.24, 2.45) is 5.92 Å². The summed E-state index contributed by atoms with van der Waals surface area (Å²) < 4.78 is 43.8. The van der Waals surface area contributed by atoms with Crippen molar-refractivity contribution < 1.29 is 32.6 Å². The SMILES string of the molecule is C=CCOc1ccc(C(F)(F)F)cc1C(=O)N(C)CC(C)C(=O)O. The monoisotopic (exact) mass is 345 g/mol. The number of ether oxygens (including phenoxy) is 1. The number of hydrogen-bond donors (Lipinski definition) is 1. The molecule has 0 aliphatic heterocycles. The van der Waals surface area contributed by atoms with Crippen LogP contribution in [0, 0.1) is 5.92 Å². The smallest absolute Gasteiger partial charge is 0.416 e. The summed E-state index contributed by atoms with van der Waals surface area (Å²) in [4.78, 5) is 24.3. The summed E-state index contributed by atoms with van der Waals surface area (Å²) in [6, 6.07) is 2.58. The number of nitrogens with zero attached hydrogens (tertiary/aromatic N) is 1. The van der Waals surface area contributed by atoms with Gasteiger partial charge in [0, 0.05) is 13.6 Å². The number of benzene rings is 1. The van der Waals surface area contributed by atoms with Gasteiger partial charge in [-0.2, -0.15) is 13.2 Å². The number of carboxylic acids is 1. The number of carbonyl (C=O) groups is 2. The molecule has 0 saturated carbocycles. The first-order valence-electron chi connectivity index (χ1n) is 7.01. The quantitative estimate of drug-likeness (QED) is 0.772. The third-order valence-corrected chi connectivity index (χ3v) is 3.21. The molecule has 0 heterocycles. The number of halogens is 3. The molecule has 1 rings (SSSR count). The van der Waals surface area contributed by atoms with Gasteiger partial charge in [0.25, 0.3) is 5.91 Å². The zero-order chi connectivity index (χ0) is 18.5. The number of aliphatic carboxylic acids is 1. The molecule has 24 heavy (non-hydrogen) atoms. The van der Waals surface area contributed by atoms with Crippen molar-refractivity contribution in [2.75, 3.05) is 20.2 Å². The lowest BCUT2D eigenvalue weighted by Crippen LogP contribution is -2.34. The van der Waals surface area contributed by atoms with E-state index in [1.807, 2.05) is 0 Å². The molecule has 5 nitrogen and oxygen atoms in total. The summed E-state index contributed by atoms with van der Waals surface area (Å²) >= 11 is 0. The zero-order valence-corrected chi connectivity index (χ0v) is 13.3. The fourth-order valence-corrected chi connectivity index (χ4v) is 1.93. The highest BCUT2D eigenvalue weighted by Gasteiger charge is 2.32. The first-order valence-corrected chi connectivity index (χ1v) is 7.01. The lowest BCUT2D eigenvalue weighted by atomic mass is 10.1. The first-order chi connectivity index (χ1) is 11.1. The van der Waals surface area contributed by atoms with Gasteiger partial charge in [-0.05, 0) is 18.2 Å². The molecule has 0 aromatic heterocycles. The Kier molecular flexibility index (Phi) is 6.39. The molecule has 0 bridgehead atoms. The maximum Gasteiger partial charge on any atom is 0.416 e. The molecule has 1 N–H and O–H groups in total. The van der Waals surface area contributed by atoms with Gasteiger partial charge in [0.15, 0.2) is 0 Å². The highest BCUT2D eigenvalue weighted by molar-refractivity contribution is 5.97. The van der Waals surface area contributed by atoms with Gasteiger partial charge >= 0.3 is 12.1 Å². The van der Waals surface area contributed by atoms with Crippen LogP contribution < -0.4 is 4.74 Å². The Morgan fingerprint density at radius 1 is 1.42 bits per heavy atom. The molecule has 1 aromatic carbocycles. The van der Waals surface area contributed by atoms with Crippen molar-refractivity contribution in [2.45, 2.75) is 13.1 Å². The molecular weight excluding hydrogens is 327 g/mol. The molecule has 1 amide bonds. The van der Waals surface area contributed by atoms with E-state index in [1.54, 1.807) is 0 Å². The molecule has 0 fully saturated rings. The van der Waals surface area contributed by atoms with Gasteiger partial charge in [0.05, 0.1) is 17.0 Å². The number of carboxylic acid groups (broad SMARTS) is 1. The molecule has 8 heteroatoms. The lowest BCUT2D eigenvalue weighted by molar-refractivity contribution is -0.141. The topological polar surface area (TPSA) is 66.8 Å². The lowest BCUT2D eigenvalue weighted by Gasteiger charge is -2.21. The average Bonchev–Trinajstić information content (AvgIpc) is 2.50. The number of alkyl halides is 3. The van der Waals surface area contributed by atoms with Crippen LogP contribution in [0.15, 0.2) is 30.9 Å². The van der Waals surface area contributed by atoms with E-state index in [0.29, 0.717) is 6.07 Å². The highest BCUT2D eigenvalue weighted by atomic mass is 19.4. The Morgan fingerprint density at radius 3 is 2.54 bits per heavy atom. The maximum absolute atomic E-state index is 12.9. The summed E-state index contributed by atoms with van der Waals surface area (Å²) in [6.45, 7) is 4.70. The predicted molar refractivity (Wildman–Crippen MR) is 80.9 cm³/mol. The summed E-state index contributed by atoms with van der Waals surface area (Å²) in [7, 11) is 1.32. The third kappa shape index (κ3) is 5.00. The summed E-state index contributed by atoms with van der Waals surface area (Å²) in [5.41, 5.74) is -1.27. The molecule has 1 unspecified atom stereocenters. The second-order valence-corrected chi connectivity index (χ2v) is 5.23. The average molecular weight is 345 g/mol. The van der Waals surface area contributed by atoms with Crippen LogP contribution in [0.3, 0.4) is 0 Å². The van der Waals surface area contributed by atoms with E-state index >= 15 is 0 Å². The van der Waals surface area contributed by atoms with Gasteiger partial charge in [0.1, 0.15) is 12.4 Å². The first kappa shape index (κ1) is 19.5. The third-order valence-electron chi connectivity index (χ3n) is 3.21. The minimum atomic E-state index is -4.61. The summed E-state index contributed by atoms with van der Waals surface area (Å²) in [5, 5.41) is 8.88. The molecule has 0 saturated heterocycles. The van der Waals surface area contributed by atoms with Crippen LogP contribution in [0.4, 0.5) is 13.2 Å². The Balaban J connectivity index is 3.18. The molecular formula is C16H18F3NO4. The van der Waals surface area contributed by atoms with E-state index in [4.69, 9.17) is 9.84 Å². The second kappa shape index (κ2) is 7.85. The molecule has 0 radical (unpaired) electrons. The molecule has 0 spiro atoms. The van der Waals surface area contributed by atoms with Crippen LogP contribution in [-0.4, -0.2) is 42.1 Å².